The minimum atomic E-state index is -3.37. The molecular formula is C33H51Cl2IN5O7S-. The zero-order valence-corrected chi connectivity index (χ0v) is 33.3. The molecule has 5 unspecified atom stereocenters. The van der Waals surface area contributed by atoms with E-state index in [0.29, 0.717) is 32.1 Å². The average molecular weight is 860 g/mol. The van der Waals surface area contributed by atoms with Gasteiger partial charge in [-0.15, -0.1) is 0 Å². The molecule has 6 atom stereocenters. The molecule has 0 bridgehead atoms. The summed E-state index contributed by atoms with van der Waals surface area (Å²) in [6.45, 7) is 7.61. The minimum absolute atomic E-state index is 0.0238. The van der Waals surface area contributed by atoms with Gasteiger partial charge in [0.15, 0.2) is 0 Å². The van der Waals surface area contributed by atoms with Crippen molar-refractivity contribution < 1.29 is 53.6 Å². The van der Waals surface area contributed by atoms with Gasteiger partial charge in [-0.3, -0.25) is 0 Å². The van der Waals surface area contributed by atoms with Gasteiger partial charge < -0.3 is 0 Å². The summed E-state index contributed by atoms with van der Waals surface area (Å²) in [6, 6.07) is -3.90. The summed E-state index contributed by atoms with van der Waals surface area (Å²) in [5, 5.41) is 10.8. The van der Waals surface area contributed by atoms with E-state index in [9.17, 15) is 32.4 Å². The number of carbonyl (C=O) groups is 5. The van der Waals surface area contributed by atoms with Gasteiger partial charge in [-0.25, -0.2) is 0 Å². The quantitative estimate of drug-likeness (QED) is 0.121. The van der Waals surface area contributed by atoms with E-state index in [1.54, 1.807) is 0 Å². The number of rotatable bonds is 12. The molecule has 0 aromatic rings. The predicted molar refractivity (Wildman–Crippen MR) is 182 cm³/mol. The molecule has 278 valence electrons. The molecule has 0 spiro atoms. The number of ketones is 1. The first kappa shape index (κ1) is 38.8. The van der Waals surface area contributed by atoms with Crippen molar-refractivity contribution in [3.63, 3.8) is 0 Å². The Balaban J connectivity index is 1.37. The van der Waals surface area contributed by atoms with Gasteiger partial charge in [-0.2, -0.15) is 0 Å². The Morgan fingerprint density at radius 1 is 0.980 bits per heavy atom. The fourth-order valence-corrected chi connectivity index (χ4v) is 16.3. The molecular weight excluding hydrogens is 808 g/mol. The molecule has 0 aromatic carbocycles. The number of nitrogens with one attached hydrogen (secondary N) is 4. The molecule has 49 heavy (non-hydrogen) atoms. The zero-order valence-electron chi connectivity index (χ0n) is 28.8. The van der Waals surface area contributed by atoms with Crippen LogP contribution in [0.1, 0.15) is 105 Å². The molecule has 4 N–H and O–H groups in total. The van der Waals surface area contributed by atoms with Crippen LogP contribution >= 0.6 is 23.2 Å². The molecule has 16 heteroatoms. The third-order valence-corrected chi connectivity index (χ3v) is 18.2. The van der Waals surface area contributed by atoms with Crippen molar-refractivity contribution in [1.29, 1.82) is 0 Å². The van der Waals surface area contributed by atoms with Gasteiger partial charge in [0.2, 0.25) is 0 Å². The summed E-state index contributed by atoms with van der Waals surface area (Å²) >= 11 is 12.6. The van der Waals surface area contributed by atoms with E-state index in [2.05, 4.69) is 21.3 Å². The summed E-state index contributed by atoms with van der Waals surface area (Å²) in [7, 11) is -3.37. The van der Waals surface area contributed by atoms with E-state index in [1.807, 2.05) is 27.7 Å². The number of hydrogen-bond acceptors (Lipinski definition) is 7. The van der Waals surface area contributed by atoms with Crippen LogP contribution in [0.4, 0.5) is 4.79 Å². The molecule has 2 aliphatic carbocycles. The number of sulfone groups is 1. The van der Waals surface area contributed by atoms with Gasteiger partial charge in [-0.1, -0.05) is 0 Å². The molecule has 5 rings (SSSR count). The van der Waals surface area contributed by atoms with Gasteiger partial charge in [0, 0.05) is 0 Å². The van der Waals surface area contributed by atoms with E-state index < -0.39 is 103 Å². The number of amides is 5. The van der Waals surface area contributed by atoms with Gasteiger partial charge >= 0.3 is 312 Å². The third kappa shape index (κ3) is 8.48. The summed E-state index contributed by atoms with van der Waals surface area (Å²) in [5.74, 6) is -3.01. The molecule has 3 heterocycles. The number of fused-ring (bicyclic) bond motifs is 1. The summed E-state index contributed by atoms with van der Waals surface area (Å²) in [5.41, 5.74) is -1.71. The second-order valence-corrected chi connectivity index (χ2v) is 24.4. The Morgan fingerprint density at radius 3 is 2.20 bits per heavy atom. The first-order valence-corrected chi connectivity index (χ1v) is 22.5. The Morgan fingerprint density at radius 2 is 1.65 bits per heavy atom. The number of Topliss-reactive ketones (excluding diaryl/α,β-unsaturated/α-hetero) is 1. The molecule has 3 aliphatic heterocycles. The molecule has 5 fully saturated rings. The van der Waals surface area contributed by atoms with Crippen LogP contribution in [0.3, 0.4) is 0 Å². The van der Waals surface area contributed by atoms with Gasteiger partial charge in [0.05, 0.1) is 0 Å². The topological polar surface area (TPSA) is 171 Å². The number of unbranched alkanes of at least 4 members (excludes halogenated alkanes) is 1. The summed E-state index contributed by atoms with van der Waals surface area (Å²) < 4.78 is 24.9. The first-order valence-electron chi connectivity index (χ1n) is 17.7. The fraction of sp³-hybridized carbons (Fsp3) is 0.848. The molecule has 0 radical (unpaired) electrons. The standard InChI is InChI=1S/C33H51Cl2IN5O7S/c1-5-6-11-21(25(42)28(44)37-19-13-14-19)38-27(43)24-23-20(36-33(23,34)35)18-41(24)29(45)26(31(2,3)4)39-30(46)40-32(15-8-7-9-16-32)22-12-10-17-49(22,47)48/h19-24,26H,5-18H2,1-4H3,(H,37,44)(H,38,43)(H2,39,40,46)/q-1/t20?,21?,22?,23?,24?,26-/m1/s1. The molecule has 5 amide bonds. The first-order chi connectivity index (χ1) is 22.9. The van der Waals surface area contributed by atoms with E-state index in [1.165, 1.54) is 4.90 Å². The number of halogens is 3. The number of hydrogen-bond donors (Lipinski definition) is 4. The van der Waals surface area contributed by atoms with Crippen molar-refractivity contribution in [2.45, 2.75) is 146 Å². The van der Waals surface area contributed by atoms with Crippen LogP contribution in [0.15, 0.2) is 0 Å². The number of alkyl halides is 4. The van der Waals surface area contributed by atoms with Crippen molar-refractivity contribution in [3.8, 4) is 0 Å². The predicted octanol–water partition coefficient (Wildman–Crippen LogP) is -0.0673. The summed E-state index contributed by atoms with van der Waals surface area (Å²) in [4.78, 5) is 69.8. The Bertz CT molecular complexity index is 1430. The van der Waals surface area contributed by atoms with Crippen LogP contribution in [0.5, 0.6) is 0 Å². The van der Waals surface area contributed by atoms with E-state index >= 15 is 0 Å². The van der Waals surface area contributed by atoms with Crippen LogP contribution in [0.2, 0.25) is 0 Å². The second-order valence-electron chi connectivity index (χ2n) is 15.6. The van der Waals surface area contributed by atoms with Crippen molar-refractivity contribution in [3.05, 3.63) is 0 Å². The molecule has 2 saturated carbocycles. The Kier molecular flexibility index (Phi) is 11.8. The SMILES string of the molecule is CCCCC(NC(=O)C1C2C(CN1C(=O)[C@@H](NC(=O)NC1(C3CCCS3(=O)=O)CCCCC1)C(C)(C)C)[I-]C2(Cl)Cl)C(=O)C(=O)NC1CC1. The Labute approximate surface area is 310 Å². The van der Waals surface area contributed by atoms with Crippen LogP contribution in [0, 0.1) is 11.3 Å². The van der Waals surface area contributed by atoms with Crippen LogP contribution < -0.4 is 42.5 Å². The van der Waals surface area contributed by atoms with Crippen LogP contribution in [-0.4, -0.2) is 96.4 Å². The number of carbonyl (C=O) groups excluding carboxylic acids is 5. The van der Waals surface area contributed by atoms with E-state index in [-0.39, 0.29) is 28.7 Å². The van der Waals surface area contributed by atoms with Crippen molar-refractivity contribution in [2.24, 2.45) is 11.3 Å². The number of likely N-dealkylation sites (tertiary alicyclic amines) is 1. The van der Waals surface area contributed by atoms with Crippen molar-refractivity contribution in [1.82, 2.24) is 26.2 Å². The molecule has 0 aromatic heterocycles. The van der Waals surface area contributed by atoms with Crippen LogP contribution in [-0.2, 0) is 29.0 Å². The molecule has 12 nitrogen and oxygen atoms in total. The second kappa shape index (κ2) is 14.9. The van der Waals surface area contributed by atoms with Gasteiger partial charge in [-0.05, 0) is 0 Å². The monoisotopic (exact) mass is 858 g/mol. The average Bonchev–Trinajstić information content (AvgIpc) is 3.66. The third-order valence-electron chi connectivity index (χ3n) is 10.7. The Hall–Kier alpha value is -1.39. The zero-order chi connectivity index (χ0) is 35.9. The maximum atomic E-state index is 14.5. The van der Waals surface area contributed by atoms with E-state index in [0.717, 1.165) is 38.5 Å². The van der Waals surface area contributed by atoms with E-state index in [4.69, 9.17) is 23.2 Å². The fourth-order valence-electron chi connectivity index (χ4n) is 7.93. The molecule has 5 aliphatic rings. The maximum absolute atomic E-state index is 14.5. The number of nitrogens with zero attached hydrogens (tertiary/aromatic N) is 1. The molecule has 3 saturated heterocycles. The normalized spacial score (nSPS) is 29.6. The summed E-state index contributed by atoms with van der Waals surface area (Å²) in [6.07, 6.45) is 7.93. The van der Waals surface area contributed by atoms with Gasteiger partial charge in [0.1, 0.15) is 0 Å². The van der Waals surface area contributed by atoms with Crippen molar-refractivity contribution in [2.75, 3.05) is 12.3 Å². The van der Waals surface area contributed by atoms with Gasteiger partial charge in [0.25, 0.3) is 0 Å². The van der Waals surface area contributed by atoms with Crippen LogP contribution in [0.25, 0.3) is 0 Å². The van der Waals surface area contributed by atoms with Crippen molar-refractivity contribution >= 4 is 62.6 Å². The number of urea groups is 1.